The maximum Gasteiger partial charge on any atom is 0.251 e. The Morgan fingerprint density at radius 1 is 1.22 bits per heavy atom. The summed E-state index contributed by atoms with van der Waals surface area (Å²) in [6.07, 6.45) is 0.776. The molecule has 0 aromatic heterocycles. The molecule has 1 aliphatic rings. The SMILES string of the molecule is NC(=S)c1ccc(C(=O)NC2CCSc3c(F)cccc32)cc1. The summed E-state index contributed by atoms with van der Waals surface area (Å²) in [5.41, 5.74) is 7.64. The van der Waals surface area contributed by atoms with Gasteiger partial charge < -0.3 is 11.1 Å². The fourth-order valence-corrected chi connectivity index (χ4v) is 3.84. The molecule has 6 heteroatoms. The van der Waals surface area contributed by atoms with E-state index >= 15 is 0 Å². The zero-order chi connectivity index (χ0) is 16.4. The van der Waals surface area contributed by atoms with Gasteiger partial charge in [-0.1, -0.05) is 36.5 Å². The van der Waals surface area contributed by atoms with E-state index in [9.17, 15) is 9.18 Å². The Kier molecular flexibility index (Phi) is 4.63. The molecule has 1 unspecified atom stereocenters. The number of carbonyl (C=O) groups excluding carboxylic acids is 1. The van der Waals surface area contributed by atoms with E-state index in [1.165, 1.54) is 17.8 Å². The number of thioether (sulfide) groups is 1. The van der Waals surface area contributed by atoms with Crippen LogP contribution >= 0.6 is 24.0 Å². The molecule has 0 fully saturated rings. The summed E-state index contributed by atoms with van der Waals surface area (Å²) < 4.78 is 13.9. The molecule has 3 rings (SSSR count). The number of carbonyl (C=O) groups is 1. The van der Waals surface area contributed by atoms with Gasteiger partial charge in [0, 0.05) is 21.8 Å². The Morgan fingerprint density at radius 2 is 1.91 bits per heavy atom. The highest BCUT2D eigenvalue weighted by molar-refractivity contribution is 7.99. The Labute approximate surface area is 143 Å². The molecule has 23 heavy (non-hydrogen) atoms. The summed E-state index contributed by atoms with van der Waals surface area (Å²) in [7, 11) is 0. The predicted octanol–water partition coefficient (Wildman–Crippen LogP) is 3.43. The van der Waals surface area contributed by atoms with Gasteiger partial charge in [-0.25, -0.2) is 4.39 Å². The maximum atomic E-state index is 13.9. The molecule has 1 atom stereocenters. The molecule has 3 N–H and O–H groups in total. The number of hydrogen-bond donors (Lipinski definition) is 2. The summed E-state index contributed by atoms with van der Waals surface area (Å²) >= 11 is 6.39. The second-order valence-corrected chi connectivity index (χ2v) is 6.81. The summed E-state index contributed by atoms with van der Waals surface area (Å²) in [6.45, 7) is 0. The number of fused-ring (bicyclic) bond motifs is 1. The van der Waals surface area contributed by atoms with Crippen molar-refractivity contribution in [2.75, 3.05) is 5.75 Å². The second-order valence-electron chi connectivity index (χ2n) is 5.26. The van der Waals surface area contributed by atoms with Crippen LogP contribution in [0.15, 0.2) is 47.4 Å². The van der Waals surface area contributed by atoms with Gasteiger partial charge in [0.2, 0.25) is 0 Å². The minimum absolute atomic E-state index is 0.176. The molecular weight excluding hydrogens is 331 g/mol. The number of hydrogen-bond acceptors (Lipinski definition) is 3. The Bertz CT molecular complexity index is 762. The number of nitrogens with one attached hydrogen (secondary N) is 1. The molecule has 1 amide bonds. The van der Waals surface area contributed by atoms with E-state index < -0.39 is 0 Å². The second kappa shape index (κ2) is 6.68. The highest BCUT2D eigenvalue weighted by Crippen LogP contribution is 2.37. The smallest absolute Gasteiger partial charge is 0.251 e. The lowest BCUT2D eigenvalue weighted by atomic mass is 10.0. The first-order valence-electron chi connectivity index (χ1n) is 7.18. The van der Waals surface area contributed by atoms with Crippen LogP contribution < -0.4 is 11.1 Å². The lowest BCUT2D eigenvalue weighted by molar-refractivity contribution is 0.0935. The average molecular weight is 346 g/mol. The Balaban J connectivity index is 1.79. The number of nitrogens with two attached hydrogens (primary N) is 1. The number of halogens is 1. The monoisotopic (exact) mass is 346 g/mol. The molecule has 1 heterocycles. The van der Waals surface area contributed by atoms with Crippen molar-refractivity contribution in [1.82, 2.24) is 5.32 Å². The molecule has 0 radical (unpaired) electrons. The van der Waals surface area contributed by atoms with Gasteiger partial charge in [0.15, 0.2) is 0 Å². The van der Waals surface area contributed by atoms with E-state index in [1.54, 1.807) is 30.3 Å². The molecule has 2 aromatic rings. The van der Waals surface area contributed by atoms with E-state index in [0.717, 1.165) is 23.3 Å². The van der Waals surface area contributed by atoms with Gasteiger partial charge in [-0.15, -0.1) is 11.8 Å². The zero-order valence-corrected chi connectivity index (χ0v) is 13.8. The first-order chi connectivity index (χ1) is 11.1. The molecule has 1 aliphatic heterocycles. The van der Waals surface area contributed by atoms with Crippen LogP contribution in [0, 0.1) is 5.82 Å². The Hall–Kier alpha value is -1.92. The van der Waals surface area contributed by atoms with Crippen LogP contribution in [0.1, 0.15) is 33.9 Å². The minimum Gasteiger partial charge on any atom is -0.389 e. The average Bonchev–Trinajstić information content (AvgIpc) is 2.56. The molecule has 2 aromatic carbocycles. The van der Waals surface area contributed by atoms with Crippen molar-refractivity contribution in [3.63, 3.8) is 0 Å². The van der Waals surface area contributed by atoms with Crippen LogP contribution in [0.4, 0.5) is 4.39 Å². The van der Waals surface area contributed by atoms with Gasteiger partial charge in [-0.3, -0.25) is 4.79 Å². The molecular formula is C17H15FN2OS2. The van der Waals surface area contributed by atoms with E-state index in [2.05, 4.69) is 5.32 Å². The van der Waals surface area contributed by atoms with Crippen molar-refractivity contribution in [3.8, 4) is 0 Å². The van der Waals surface area contributed by atoms with Gasteiger partial charge in [-0.05, 0) is 30.2 Å². The first-order valence-corrected chi connectivity index (χ1v) is 8.57. The predicted molar refractivity (Wildman–Crippen MR) is 94.3 cm³/mol. The fourth-order valence-electron chi connectivity index (χ4n) is 2.56. The number of rotatable bonds is 3. The molecule has 0 bridgehead atoms. The largest absolute Gasteiger partial charge is 0.389 e. The number of thiocarbonyl (C=S) groups is 1. The topological polar surface area (TPSA) is 55.1 Å². The van der Waals surface area contributed by atoms with Crippen LogP contribution in [0.3, 0.4) is 0 Å². The van der Waals surface area contributed by atoms with Crippen LogP contribution in [-0.4, -0.2) is 16.6 Å². The van der Waals surface area contributed by atoms with Crippen molar-refractivity contribution in [2.45, 2.75) is 17.4 Å². The summed E-state index contributed by atoms with van der Waals surface area (Å²) in [6, 6.07) is 11.6. The van der Waals surface area contributed by atoms with Gasteiger partial charge in [0.25, 0.3) is 5.91 Å². The molecule has 0 spiro atoms. The lowest BCUT2D eigenvalue weighted by Crippen LogP contribution is -2.30. The number of amides is 1. The summed E-state index contributed by atoms with van der Waals surface area (Å²) in [5.74, 6) is 0.359. The van der Waals surface area contributed by atoms with Crippen molar-refractivity contribution in [1.29, 1.82) is 0 Å². The van der Waals surface area contributed by atoms with Gasteiger partial charge in [0.05, 0.1) is 6.04 Å². The maximum absolute atomic E-state index is 13.9. The lowest BCUT2D eigenvalue weighted by Gasteiger charge is -2.26. The molecule has 0 aliphatic carbocycles. The summed E-state index contributed by atoms with van der Waals surface area (Å²) in [5, 5.41) is 2.98. The fraction of sp³-hybridized carbons (Fsp3) is 0.176. The van der Waals surface area contributed by atoms with Gasteiger partial charge in [-0.2, -0.15) is 0 Å². The van der Waals surface area contributed by atoms with Crippen LogP contribution in [0.2, 0.25) is 0 Å². The van der Waals surface area contributed by atoms with E-state index in [4.69, 9.17) is 18.0 Å². The first kappa shape index (κ1) is 16.0. The highest BCUT2D eigenvalue weighted by atomic mass is 32.2. The standard InChI is InChI=1S/C17H15FN2OS2/c18-13-3-1-2-12-14(8-9-23-15(12)13)20-17(21)11-6-4-10(5-7-11)16(19)22/h1-7,14H,8-9H2,(H2,19,22)(H,20,21). The van der Waals surface area contributed by atoms with Gasteiger partial charge in [0.1, 0.15) is 10.8 Å². The van der Waals surface area contributed by atoms with Crippen LogP contribution in [0.5, 0.6) is 0 Å². The third kappa shape index (κ3) is 3.38. The van der Waals surface area contributed by atoms with Crippen molar-refractivity contribution < 1.29 is 9.18 Å². The number of benzene rings is 2. The normalized spacial score (nSPS) is 16.5. The quantitative estimate of drug-likeness (QED) is 0.836. The molecule has 0 saturated carbocycles. The van der Waals surface area contributed by atoms with Crippen LogP contribution in [0.25, 0.3) is 0 Å². The Morgan fingerprint density at radius 3 is 2.61 bits per heavy atom. The summed E-state index contributed by atoms with van der Waals surface area (Å²) in [4.78, 5) is 13.3. The highest BCUT2D eigenvalue weighted by Gasteiger charge is 2.24. The molecule has 3 nitrogen and oxygen atoms in total. The molecule has 118 valence electrons. The van der Waals surface area contributed by atoms with Crippen molar-refractivity contribution in [3.05, 3.63) is 65.0 Å². The molecule has 0 saturated heterocycles. The van der Waals surface area contributed by atoms with Gasteiger partial charge >= 0.3 is 0 Å². The van der Waals surface area contributed by atoms with E-state index in [-0.39, 0.29) is 17.8 Å². The van der Waals surface area contributed by atoms with Crippen molar-refractivity contribution >= 4 is 34.9 Å². The zero-order valence-electron chi connectivity index (χ0n) is 12.2. The van der Waals surface area contributed by atoms with Crippen molar-refractivity contribution in [2.24, 2.45) is 5.73 Å². The minimum atomic E-state index is -0.229. The van der Waals surface area contributed by atoms with E-state index in [0.29, 0.717) is 15.4 Å². The van der Waals surface area contributed by atoms with E-state index in [1.807, 2.05) is 6.07 Å². The third-order valence-electron chi connectivity index (χ3n) is 3.76. The van der Waals surface area contributed by atoms with Crippen LogP contribution in [-0.2, 0) is 0 Å². The third-order valence-corrected chi connectivity index (χ3v) is 5.16.